The zero-order valence-corrected chi connectivity index (χ0v) is 12.9. The van der Waals surface area contributed by atoms with Gasteiger partial charge in [0, 0.05) is 38.3 Å². The van der Waals surface area contributed by atoms with Crippen molar-refractivity contribution in [1.82, 2.24) is 4.90 Å². The first kappa shape index (κ1) is 17.2. The quantitative estimate of drug-likeness (QED) is 0.797. The Morgan fingerprint density at radius 3 is 2.81 bits per heavy atom. The summed E-state index contributed by atoms with van der Waals surface area (Å²) in [6.45, 7) is 6.36. The number of nitrogens with one attached hydrogen (secondary N) is 1. The molecule has 1 aromatic carbocycles. The summed E-state index contributed by atoms with van der Waals surface area (Å²) in [4.78, 5) is 14.2. The highest BCUT2D eigenvalue weighted by atomic mass is 16.5. The number of nitrogens with zero attached hydrogens (tertiary/aromatic N) is 2. The van der Waals surface area contributed by atoms with Gasteiger partial charge in [0.05, 0.1) is 18.2 Å². The molecule has 0 aliphatic heterocycles. The SMILES string of the molecule is COCCN(CCC(=O)Nc1cccc(C#N)c1)C(C)C. The van der Waals surface area contributed by atoms with Gasteiger partial charge < -0.3 is 10.1 Å². The van der Waals surface area contributed by atoms with E-state index in [0.29, 0.717) is 36.9 Å². The van der Waals surface area contributed by atoms with E-state index in [1.807, 2.05) is 0 Å². The summed E-state index contributed by atoms with van der Waals surface area (Å²) in [6.07, 6.45) is 0.415. The van der Waals surface area contributed by atoms with E-state index >= 15 is 0 Å². The Morgan fingerprint density at radius 1 is 1.43 bits per heavy atom. The lowest BCUT2D eigenvalue weighted by Crippen LogP contribution is -2.36. The molecule has 0 fully saturated rings. The number of carbonyl (C=O) groups is 1. The molecule has 21 heavy (non-hydrogen) atoms. The average molecular weight is 289 g/mol. The van der Waals surface area contributed by atoms with Crippen LogP contribution in [0.3, 0.4) is 0 Å². The van der Waals surface area contributed by atoms with E-state index in [1.165, 1.54) is 0 Å². The topological polar surface area (TPSA) is 65.4 Å². The van der Waals surface area contributed by atoms with Crippen LogP contribution in [-0.2, 0) is 9.53 Å². The van der Waals surface area contributed by atoms with Gasteiger partial charge in [-0.1, -0.05) is 6.07 Å². The number of anilines is 1. The lowest BCUT2D eigenvalue weighted by atomic mass is 10.2. The van der Waals surface area contributed by atoms with Gasteiger partial charge in [-0.2, -0.15) is 5.26 Å². The molecule has 0 saturated heterocycles. The first-order valence-corrected chi connectivity index (χ1v) is 7.09. The molecule has 1 rings (SSSR count). The van der Waals surface area contributed by atoms with Crippen molar-refractivity contribution < 1.29 is 9.53 Å². The van der Waals surface area contributed by atoms with Crippen LogP contribution in [0, 0.1) is 11.3 Å². The van der Waals surface area contributed by atoms with Gasteiger partial charge in [-0.3, -0.25) is 9.69 Å². The van der Waals surface area contributed by atoms with Gasteiger partial charge in [0.25, 0.3) is 0 Å². The highest BCUT2D eigenvalue weighted by molar-refractivity contribution is 5.90. The van der Waals surface area contributed by atoms with Crippen LogP contribution in [0.4, 0.5) is 5.69 Å². The third kappa shape index (κ3) is 6.39. The van der Waals surface area contributed by atoms with Crippen molar-refractivity contribution in [2.45, 2.75) is 26.3 Å². The molecule has 0 atom stereocenters. The zero-order valence-electron chi connectivity index (χ0n) is 12.9. The molecule has 1 aromatic rings. The van der Waals surface area contributed by atoms with Crippen molar-refractivity contribution in [3.8, 4) is 6.07 Å². The Balaban J connectivity index is 2.47. The van der Waals surface area contributed by atoms with Gasteiger partial charge in [-0.25, -0.2) is 0 Å². The van der Waals surface area contributed by atoms with Crippen LogP contribution >= 0.6 is 0 Å². The summed E-state index contributed by atoms with van der Waals surface area (Å²) in [5.74, 6) is -0.0480. The molecule has 0 unspecified atom stereocenters. The lowest BCUT2D eigenvalue weighted by molar-refractivity contribution is -0.116. The van der Waals surface area contributed by atoms with Crippen molar-refractivity contribution in [2.24, 2.45) is 0 Å². The fourth-order valence-corrected chi connectivity index (χ4v) is 1.97. The minimum Gasteiger partial charge on any atom is -0.383 e. The summed E-state index contributed by atoms with van der Waals surface area (Å²) in [5, 5.41) is 11.7. The predicted octanol–water partition coefficient (Wildman–Crippen LogP) is 2.24. The Bertz CT molecular complexity index is 495. The second-order valence-electron chi connectivity index (χ2n) is 5.11. The second-order valence-corrected chi connectivity index (χ2v) is 5.11. The van der Waals surface area contributed by atoms with Crippen LogP contribution in [0.15, 0.2) is 24.3 Å². The van der Waals surface area contributed by atoms with Gasteiger partial charge in [0.1, 0.15) is 0 Å². The molecule has 1 N–H and O–H groups in total. The minimum atomic E-state index is -0.0480. The highest BCUT2D eigenvalue weighted by Gasteiger charge is 2.11. The van der Waals surface area contributed by atoms with E-state index in [9.17, 15) is 4.79 Å². The number of nitriles is 1. The number of methoxy groups -OCH3 is 1. The summed E-state index contributed by atoms with van der Waals surface area (Å²) < 4.78 is 5.08. The molecule has 114 valence electrons. The number of ether oxygens (including phenoxy) is 1. The molecule has 0 aromatic heterocycles. The second kappa shape index (κ2) is 9.11. The van der Waals surface area contributed by atoms with Gasteiger partial charge in [0.15, 0.2) is 0 Å². The molecule has 0 saturated carbocycles. The van der Waals surface area contributed by atoms with Gasteiger partial charge in [0.2, 0.25) is 5.91 Å². The van der Waals surface area contributed by atoms with Crippen molar-refractivity contribution in [1.29, 1.82) is 5.26 Å². The fourth-order valence-electron chi connectivity index (χ4n) is 1.97. The molecule has 0 aliphatic carbocycles. The smallest absolute Gasteiger partial charge is 0.225 e. The molecule has 0 heterocycles. The summed E-state index contributed by atoms with van der Waals surface area (Å²) in [6, 6.07) is 9.34. The van der Waals surface area contributed by atoms with E-state index in [-0.39, 0.29) is 5.91 Å². The van der Waals surface area contributed by atoms with E-state index < -0.39 is 0 Å². The van der Waals surface area contributed by atoms with Crippen LogP contribution in [0.2, 0.25) is 0 Å². The average Bonchev–Trinajstić information content (AvgIpc) is 2.47. The van der Waals surface area contributed by atoms with E-state index in [0.717, 1.165) is 6.54 Å². The van der Waals surface area contributed by atoms with Crippen LogP contribution < -0.4 is 5.32 Å². The summed E-state index contributed by atoms with van der Waals surface area (Å²) in [5.41, 5.74) is 1.20. The minimum absolute atomic E-state index is 0.0480. The Hall–Kier alpha value is -1.90. The van der Waals surface area contributed by atoms with Crippen LogP contribution in [0.5, 0.6) is 0 Å². The molecule has 0 aliphatic rings. The van der Waals surface area contributed by atoms with Crippen molar-refractivity contribution in [2.75, 3.05) is 32.1 Å². The molecule has 5 nitrogen and oxygen atoms in total. The van der Waals surface area contributed by atoms with Crippen molar-refractivity contribution in [3.63, 3.8) is 0 Å². The van der Waals surface area contributed by atoms with E-state index in [4.69, 9.17) is 10.00 Å². The molecular formula is C16H23N3O2. The number of rotatable bonds is 8. The van der Waals surface area contributed by atoms with Gasteiger partial charge in [-0.05, 0) is 32.0 Å². The van der Waals surface area contributed by atoms with Crippen LogP contribution in [0.1, 0.15) is 25.8 Å². The summed E-state index contributed by atoms with van der Waals surface area (Å²) in [7, 11) is 1.67. The number of benzene rings is 1. The molecule has 0 radical (unpaired) electrons. The Kier molecular flexibility index (Phi) is 7.44. The Labute approximate surface area is 126 Å². The van der Waals surface area contributed by atoms with Crippen LogP contribution in [0.25, 0.3) is 0 Å². The number of hydrogen-bond acceptors (Lipinski definition) is 4. The van der Waals surface area contributed by atoms with Crippen molar-refractivity contribution in [3.05, 3.63) is 29.8 Å². The largest absolute Gasteiger partial charge is 0.383 e. The fraction of sp³-hybridized carbons (Fsp3) is 0.500. The third-order valence-electron chi connectivity index (χ3n) is 3.21. The first-order chi connectivity index (χ1) is 10.1. The predicted molar refractivity (Wildman–Crippen MR) is 83.0 cm³/mol. The summed E-state index contributed by atoms with van der Waals surface area (Å²) >= 11 is 0. The molecule has 1 amide bonds. The van der Waals surface area contributed by atoms with Gasteiger partial charge in [-0.15, -0.1) is 0 Å². The molecule has 0 bridgehead atoms. The normalized spacial score (nSPS) is 10.7. The van der Waals surface area contributed by atoms with Gasteiger partial charge >= 0.3 is 0 Å². The first-order valence-electron chi connectivity index (χ1n) is 7.09. The molecule has 0 spiro atoms. The zero-order chi connectivity index (χ0) is 15.7. The maximum atomic E-state index is 12.0. The highest BCUT2D eigenvalue weighted by Crippen LogP contribution is 2.10. The maximum absolute atomic E-state index is 12.0. The standard InChI is InChI=1S/C16H23N3O2/c1-13(2)19(9-10-21-3)8-7-16(20)18-15-6-4-5-14(11-15)12-17/h4-6,11,13H,7-10H2,1-3H3,(H,18,20). The molecule has 5 heteroatoms. The lowest BCUT2D eigenvalue weighted by Gasteiger charge is -2.25. The number of carbonyl (C=O) groups excluding carboxylic acids is 1. The van der Waals surface area contributed by atoms with Crippen LogP contribution in [-0.4, -0.2) is 43.7 Å². The number of amides is 1. The molecular weight excluding hydrogens is 266 g/mol. The Morgan fingerprint density at radius 2 is 2.19 bits per heavy atom. The van der Waals surface area contributed by atoms with Crippen molar-refractivity contribution >= 4 is 11.6 Å². The number of hydrogen-bond donors (Lipinski definition) is 1. The van der Waals surface area contributed by atoms with E-state index in [2.05, 4.69) is 30.1 Å². The van der Waals surface area contributed by atoms with E-state index in [1.54, 1.807) is 31.4 Å². The maximum Gasteiger partial charge on any atom is 0.225 e. The third-order valence-corrected chi connectivity index (χ3v) is 3.21. The monoisotopic (exact) mass is 289 g/mol.